The molecule has 2 aromatic rings. The second kappa shape index (κ2) is 7.10. The molecule has 120 valence electrons. The van der Waals surface area contributed by atoms with Crippen LogP contribution < -0.4 is 4.90 Å². The molecule has 0 unspecified atom stereocenters. The quantitative estimate of drug-likeness (QED) is 0.604. The number of anilines is 1. The molecule has 1 heterocycles. The summed E-state index contributed by atoms with van der Waals surface area (Å²) in [5.74, 6) is 0. The number of nitro benzene ring substituents is 1. The van der Waals surface area contributed by atoms with Crippen molar-refractivity contribution in [3.63, 3.8) is 0 Å². The first-order valence-electron chi connectivity index (χ1n) is 7.58. The van der Waals surface area contributed by atoms with E-state index in [0.717, 1.165) is 37.2 Å². The highest BCUT2D eigenvalue weighted by atomic mass is 79.9. The van der Waals surface area contributed by atoms with Crippen LogP contribution in [0.5, 0.6) is 0 Å². The summed E-state index contributed by atoms with van der Waals surface area (Å²) in [6.07, 6.45) is 0. The van der Waals surface area contributed by atoms with E-state index >= 15 is 0 Å². The summed E-state index contributed by atoms with van der Waals surface area (Å²) in [7, 11) is 0. The molecule has 1 aliphatic heterocycles. The maximum Gasteiger partial charge on any atom is 0.292 e. The van der Waals surface area contributed by atoms with Gasteiger partial charge in [0.25, 0.3) is 5.69 Å². The summed E-state index contributed by atoms with van der Waals surface area (Å²) >= 11 is 3.41. The van der Waals surface area contributed by atoms with E-state index in [2.05, 4.69) is 50.0 Å². The van der Waals surface area contributed by atoms with Crippen LogP contribution >= 0.6 is 15.9 Å². The van der Waals surface area contributed by atoms with Crippen LogP contribution in [0.15, 0.2) is 53.0 Å². The largest absolute Gasteiger partial charge is 0.363 e. The van der Waals surface area contributed by atoms with E-state index in [-0.39, 0.29) is 10.6 Å². The third-order valence-electron chi connectivity index (χ3n) is 4.10. The van der Waals surface area contributed by atoms with Gasteiger partial charge in [-0.15, -0.1) is 0 Å². The Morgan fingerprint density at radius 2 is 1.74 bits per heavy atom. The molecule has 2 aromatic carbocycles. The van der Waals surface area contributed by atoms with Gasteiger partial charge in [0.2, 0.25) is 0 Å². The topological polar surface area (TPSA) is 49.6 Å². The van der Waals surface area contributed by atoms with Crippen molar-refractivity contribution >= 4 is 27.3 Å². The maximum atomic E-state index is 11.2. The zero-order valence-corrected chi connectivity index (χ0v) is 14.3. The van der Waals surface area contributed by atoms with Crippen LogP contribution in [0.25, 0.3) is 0 Å². The molecule has 0 radical (unpaired) electrons. The fourth-order valence-electron chi connectivity index (χ4n) is 2.89. The Morgan fingerprint density at radius 3 is 2.39 bits per heavy atom. The molecule has 0 aromatic heterocycles. The number of benzene rings is 2. The molecule has 6 heteroatoms. The van der Waals surface area contributed by atoms with Gasteiger partial charge >= 0.3 is 0 Å². The van der Waals surface area contributed by atoms with Crippen molar-refractivity contribution < 1.29 is 4.92 Å². The van der Waals surface area contributed by atoms with Gasteiger partial charge < -0.3 is 4.90 Å². The molecule has 0 atom stereocenters. The van der Waals surface area contributed by atoms with Crippen LogP contribution in [0.3, 0.4) is 0 Å². The Morgan fingerprint density at radius 1 is 1.04 bits per heavy atom. The summed E-state index contributed by atoms with van der Waals surface area (Å²) < 4.78 is 0.866. The lowest BCUT2D eigenvalue weighted by Crippen LogP contribution is -2.46. The molecule has 23 heavy (non-hydrogen) atoms. The van der Waals surface area contributed by atoms with Crippen molar-refractivity contribution in [2.75, 3.05) is 31.1 Å². The molecule has 5 nitrogen and oxygen atoms in total. The lowest BCUT2D eigenvalue weighted by atomic mass is 10.2. The van der Waals surface area contributed by atoms with Crippen LogP contribution in [0.4, 0.5) is 11.4 Å². The Bertz CT molecular complexity index is 685. The van der Waals surface area contributed by atoms with Crippen LogP contribution in [0.2, 0.25) is 0 Å². The van der Waals surface area contributed by atoms with E-state index in [1.807, 2.05) is 12.1 Å². The molecule has 0 aliphatic carbocycles. The highest BCUT2D eigenvalue weighted by molar-refractivity contribution is 9.10. The predicted molar refractivity (Wildman–Crippen MR) is 94.7 cm³/mol. The number of piperazine rings is 1. The van der Waals surface area contributed by atoms with Gasteiger partial charge in [-0.25, -0.2) is 0 Å². The minimum Gasteiger partial charge on any atom is -0.363 e. The standard InChI is InChI=1S/C17H18BrN3O2/c18-15-6-7-16(21(22)23)17(12-15)20-10-8-19(9-11-20)13-14-4-2-1-3-5-14/h1-7,12H,8-11,13H2. The first-order valence-corrected chi connectivity index (χ1v) is 8.38. The Labute approximate surface area is 143 Å². The third kappa shape index (κ3) is 3.89. The molecule has 1 fully saturated rings. The number of rotatable bonds is 4. The lowest BCUT2D eigenvalue weighted by Gasteiger charge is -2.35. The molecule has 0 N–H and O–H groups in total. The van der Waals surface area contributed by atoms with Gasteiger partial charge in [0, 0.05) is 43.3 Å². The first kappa shape index (κ1) is 16.0. The number of halogens is 1. The highest BCUT2D eigenvalue weighted by Crippen LogP contribution is 2.32. The van der Waals surface area contributed by atoms with E-state index < -0.39 is 0 Å². The van der Waals surface area contributed by atoms with Gasteiger partial charge in [0.15, 0.2) is 0 Å². The Balaban J connectivity index is 1.67. The van der Waals surface area contributed by atoms with Crippen molar-refractivity contribution in [1.82, 2.24) is 4.90 Å². The van der Waals surface area contributed by atoms with Crippen molar-refractivity contribution in [3.05, 3.63) is 68.7 Å². The minimum atomic E-state index is -0.307. The lowest BCUT2D eigenvalue weighted by molar-refractivity contribution is -0.384. The summed E-state index contributed by atoms with van der Waals surface area (Å²) in [4.78, 5) is 15.4. The second-order valence-corrected chi connectivity index (χ2v) is 6.55. The number of nitrogens with zero attached hydrogens (tertiary/aromatic N) is 3. The smallest absolute Gasteiger partial charge is 0.292 e. The van der Waals surface area contributed by atoms with E-state index in [4.69, 9.17) is 0 Å². The molecule has 0 saturated carbocycles. The van der Waals surface area contributed by atoms with Crippen molar-refractivity contribution in [2.45, 2.75) is 6.54 Å². The summed E-state index contributed by atoms with van der Waals surface area (Å²) in [6.45, 7) is 4.32. The van der Waals surface area contributed by atoms with E-state index in [1.54, 1.807) is 12.1 Å². The summed E-state index contributed by atoms with van der Waals surface area (Å²) in [5.41, 5.74) is 2.17. The zero-order chi connectivity index (χ0) is 16.2. The molecular weight excluding hydrogens is 358 g/mol. The maximum absolute atomic E-state index is 11.2. The van der Waals surface area contributed by atoms with E-state index in [9.17, 15) is 10.1 Å². The number of hydrogen-bond donors (Lipinski definition) is 0. The molecular formula is C17H18BrN3O2. The molecule has 0 spiro atoms. The van der Waals surface area contributed by atoms with Gasteiger partial charge in [-0.05, 0) is 17.7 Å². The van der Waals surface area contributed by atoms with Crippen LogP contribution in [-0.4, -0.2) is 36.0 Å². The SMILES string of the molecule is O=[N+]([O-])c1ccc(Br)cc1N1CCN(Cc2ccccc2)CC1. The van der Waals surface area contributed by atoms with Gasteiger partial charge in [0.1, 0.15) is 5.69 Å². The molecule has 0 amide bonds. The van der Waals surface area contributed by atoms with Crippen molar-refractivity contribution in [1.29, 1.82) is 0 Å². The normalized spacial score (nSPS) is 15.6. The Hall–Kier alpha value is -1.92. The monoisotopic (exact) mass is 375 g/mol. The van der Waals surface area contributed by atoms with Gasteiger partial charge in [-0.3, -0.25) is 15.0 Å². The summed E-state index contributed by atoms with van der Waals surface area (Å²) in [6, 6.07) is 15.5. The minimum absolute atomic E-state index is 0.171. The molecule has 1 aliphatic rings. The summed E-state index contributed by atoms with van der Waals surface area (Å²) in [5, 5.41) is 11.2. The van der Waals surface area contributed by atoms with E-state index in [0.29, 0.717) is 5.69 Å². The molecule has 1 saturated heterocycles. The predicted octanol–water partition coefficient (Wildman–Crippen LogP) is 3.68. The molecule has 3 rings (SSSR count). The van der Waals surface area contributed by atoms with Crippen LogP contribution in [0, 0.1) is 10.1 Å². The fourth-order valence-corrected chi connectivity index (χ4v) is 3.24. The fraction of sp³-hybridized carbons (Fsp3) is 0.294. The number of hydrogen-bond acceptors (Lipinski definition) is 4. The first-order chi connectivity index (χ1) is 11.1. The van der Waals surface area contributed by atoms with Gasteiger partial charge in [-0.1, -0.05) is 46.3 Å². The highest BCUT2D eigenvalue weighted by Gasteiger charge is 2.23. The average molecular weight is 376 g/mol. The van der Waals surface area contributed by atoms with Crippen molar-refractivity contribution in [3.8, 4) is 0 Å². The van der Waals surface area contributed by atoms with Gasteiger partial charge in [-0.2, -0.15) is 0 Å². The van der Waals surface area contributed by atoms with Crippen LogP contribution in [0.1, 0.15) is 5.56 Å². The zero-order valence-electron chi connectivity index (χ0n) is 12.7. The molecule has 0 bridgehead atoms. The second-order valence-electron chi connectivity index (χ2n) is 5.64. The average Bonchev–Trinajstić information content (AvgIpc) is 2.56. The number of nitro groups is 1. The Kier molecular flexibility index (Phi) is 4.93. The van der Waals surface area contributed by atoms with E-state index in [1.165, 1.54) is 5.56 Å². The third-order valence-corrected chi connectivity index (χ3v) is 4.59. The van der Waals surface area contributed by atoms with Crippen LogP contribution in [-0.2, 0) is 6.54 Å². The van der Waals surface area contributed by atoms with Gasteiger partial charge in [0.05, 0.1) is 4.92 Å². The van der Waals surface area contributed by atoms with Crippen molar-refractivity contribution in [2.24, 2.45) is 0 Å².